The van der Waals surface area contributed by atoms with Gasteiger partial charge in [0.2, 0.25) is 5.91 Å². The fourth-order valence-electron chi connectivity index (χ4n) is 2.78. The number of halogens is 1. The normalized spacial score (nSPS) is 10.2. The number of benzene rings is 3. The molecule has 3 aromatic rings. The summed E-state index contributed by atoms with van der Waals surface area (Å²) < 4.78 is 0. The van der Waals surface area contributed by atoms with Crippen molar-refractivity contribution in [1.82, 2.24) is 10.6 Å². The SMILES string of the molecule is O=C(Cc1ccc(Cl)cc1)NC(=S)Nc1ccccc1C(=O)NCc1ccccc1. The summed E-state index contributed by atoms with van der Waals surface area (Å²) in [6.45, 7) is 0.413. The van der Waals surface area contributed by atoms with Gasteiger partial charge in [-0.2, -0.15) is 0 Å². The molecule has 5 nitrogen and oxygen atoms in total. The van der Waals surface area contributed by atoms with Crippen LogP contribution >= 0.6 is 23.8 Å². The average Bonchev–Trinajstić information content (AvgIpc) is 2.74. The number of thiocarbonyl (C=S) groups is 1. The molecule has 0 unspecified atom stereocenters. The van der Waals surface area contributed by atoms with Crippen molar-refractivity contribution >= 4 is 46.4 Å². The highest BCUT2D eigenvalue weighted by Crippen LogP contribution is 2.15. The average molecular weight is 438 g/mol. The van der Waals surface area contributed by atoms with Crippen LogP contribution in [0.2, 0.25) is 5.02 Å². The van der Waals surface area contributed by atoms with Crippen molar-refractivity contribution in [2.75, 3.05) is 5.32 Å². The van der Waals surface area contributed by atoms with Gasteiger partial charge >= 0.3 is 0 Å². The van der Waals surface area contributed by atoms with E-state index in [0.29, 0.717) is 22.8 Å². The van der Waals surface area contributed by atoms with Gasteiger partial charge in [0.15, 0.2) is 5.11 Å². The summed E-state index contributed by atoms with van der Waals surface area (Å²) in [6.07, 6.45) is 0.165. The van der Waals surface area contributed by atoms with E-state index < -0.39 is 0 Å². The number of amides is 2. The minimum Gasteiger partial charge on any atom is -0.348 e. The van der Waals surface area contributed by atoms with E-state index in [9.17, 15) is 9.59 Å². The molecule has 152 valence electrons. The molecule has 0 saturated carbocycles. The fraction of sp³-hybridized carbons (Fsp3) is 0.0870. The molecule has 0 aliphatic carbocycles. The molecule has 3 rings (SSSR count). The Morgan fingerprint density at radius 3 is 2.23 bits per heavy atom. The molecule has 0 spiro atoms. The quantitative estimate of drug-likeness (QED) is 0.502. The number of para-hydroxylation sites is 1. The molecule has 0 radical (unpaired) electrons. The van der Waals surface area contributed by atoms with Gasteiger partial charge in [0.25, 0.3) is 5.91 Å². The first kappa shape index (κ1) is 21.5. The molecule has 0 bridgehead atoms. The van der Waals surface area contributed by atoms with Gasteiger partial charge in [0, 0.05) is 11.6 Å². The molecule has 0 atom stereocenters. The second kappa shape index (κ2) is 10.5. The summed E-state index contributed by atoms with van der Waals surface area (Å²) in [5, 5.41) is 9.18. The van der Waals surface area contributed by atoms with Crippen LogP contribution in [0.15, 0.2) is 78.9 Å². The minimum absolute atomic E-state index is 0.122. The third-order valence-electron chi connectivity index (χ3n) is 4.25. The van der Waals surface area contributed by atoms with Gasteiger partial charge < -0.3 is 16.0 Å². The highest BCUT2D eigenvalue weighted by atomic mass is 35.5. The maximum absolute atomic E-state index is 12.6. The Hall–Kier alpha value is -3.22. The molecule has 0 fully saturated rings. The monoisotopic (exact) mass is 437 g/mol. The smallest absolute Gasteiger partial charge is 0.253 e. The number of hydrogen-bond donors (Lipinski definition) is 3. The molecule has 0 heterocycles. The van der Waals surface area contributed by atoms with E-state index in [1.165, 1.54) is 0 Å². The predicted molar refractivity (Wildman–Crippen MR) is 124 cm³/mol. The van der Waals surface area contributed by atoms with E-state index in [1.54, 1.807) is 48.5 Å². The lowest BCUT2D eigenvalue weighted by Gasteiger charge is -2.14. The van der Waals surface area contributed by atoms with E-state index in [2.05, 4.69) is 16.0 Å². The largest absolute Gasteiger partial charge is 0.348 e. The molecular weight excluding hydrogens is 418 g/mol. The summed E-state index contributed by atoms with van der Waals surface area (Å²) in [5.41, 5.74) is 2.77. The van der Waals surface area contributed by atoms with Gasteiger partial charge in [0.1, 0.15) is 0 Å². The second-order valence-corrected chi connectivity index (χ2v) is 7.36. The highest BCUT2D eigenvalue weighted by Gasteiger charge is 2.13. The lowest BCUT2D eigenvalue weighted by atomic mass is 10.1. The van der Waals surface area contributed by atoms with Crippen molar-refractivity contribution in [2.45, 2.75) is 13.0 Å². The Morgan fingerprint density at radius 1 is 0.833 bits per heavy atom. The van der Waals surface area contributed by atoms with E-state index in [1.807, 2.05) is 30.3 Å². The van der Waals surface area contributed by atoms with Crippen molar-refractivity contribution in [3.05, 3.63) is 101 Å². The second-order valence-electron chi connectivity index (χ2n) is 6.52. The summed E-state index contributed by atoms with van der Waals surface area (Å²) in [4.78, 5) is 24.8. The summed E-state index contributed by atoms with van der Waals surface area (Å²) >= 11 is 11.1. The fourth-order valence-corrected chi connectivity index (χ4v) is 3.13. The standard InChI is InChI=1S/C23H20ClN3O2S/c24-18-12-10-16(11-13-18)14-21(28)27-23(30)26-20-9-5-4-8-19(20)22(29)25-15-17-6-2-1-3-7-17/h1-13H,14-15H2,(H,25,29)(H2,26,27,28,30). The third kappa shape index (κ3) is 6.40. The van der Waals surface area contributed by atoms with Crippen molar-refractivity contribution in [3.63, 3.8) is 0 Å². The van der Waals surface area contributed by atoms with Crippen molar-refractivity contribution in [2.24, 2.45) is 0 Å². The molecule has 7 heteroatoms. The van der Waals surface area contributed by atoms with Gasteiger partial charge in [-0.05, 0) is 47.6 Å². The molecule has 0 aromatic heterocycles. The van der Waals surface area contributed by atoms with Crippen LogP contribution in [0.5, 0.6) is 0 Å². The van der Waals surface area contributed by atoms with Crippen molar-refractivity contribution < 1.29 is 9.59 Å². The Kier molecular flexibility index (Phi) is 7.54. The van der Waals surface area contributed by atoms with Gasteiger partial charge in [-0.1, -0.05) is 66.2 Å². The van der Waals surface area contributed by atoms with Crippen LogP contribution in [-0.2, 0) is 17.8 Å². The van der Waals surface area contributed by atoms with Crippen LogP contribution in [0.4, 0.5) is 5.69 Å². The molecule has 2 amide bonds. The van der Waals surface area contributed by atoms with Crippen LogP contribution in [0.1, 0.15) is 21.5 Å². The van der Waals surface area contributed by atoms with E-state index in [-0.39, 0.29) is 23.3 Å². The molecule has 30 heavy (non-hydrogen) atoms. The maximum Gasteiger partial charge on any atom is 0.253 e. The first-order valence-corrected chi connectivity index (χ1v) is 10.1. The lowest BCUT2D eigenvalue weighted by Crippen LogP contribution is -2.35. The first-order chi connectivity index (χ1) is 14.5. The topological polar surface area (TPSA) is 70.2 Å². The van der Waals surface area contributed by atoms with Gasteiger partial charge in [-0.25, -0.2) is 0 Å². The zero-order valence-corrected chi connectivity index (χ0v) is 17.6. The maximum atomic E-state index is 12.6. The van der Waals surface area contributed by atoms with Crippen molar-refractivity contribution in [1.29, 1.82) is 0 Å². The molecule has 3 aromatic carbocycles. The molecular formula is C23H20ClN3O2S. The molecule has 0 aliphatic heterocycles. The number of carbonyl (C=O) groups is 2. The first-order valence-electron chi connectivity index (χ1n) is 9.27. The van der Waals surface area contributed by atoms with Crippen LogP contribution in [0.25, 0.3) is 0 Å². The van der Waals surface area contributed by atoms with E-state index in [0.717, 1.165) is 11.1 Å². The van der Waals surface area contributed by atoms with Gasteiger partial charge in [-0.3, -0.25) is 9.59 Å². The predicted octanol–water partition coefficient (Wildman–Crippen LogP) is 4.33. The van der Waals surface area contributed by atoms with E-state index >= 15 is 0 Å². The van der Waals surface area contributed by atoms with Crippen LogP contribution < -0.4 is 16.0 Å². The molecule has 3 N–H and O–H groups in total. The zero-order valence-electron chi connectivity index (χ0n) is 16.0. The molecule has 0 aliphatic rings. The third-order valence-corrected chi connectivity index (χ3v) is 4.70. The number of nitrogens with one attached hydrogen (secondary N) is 3. The van der Waals surface area contributed by atoms with E-state index in [4.69, 9.17) is 23.8 Å². The zero-order chi connectivity index (χ0) is 21.3. The summed E-state index contributed by atoms with van der Waals surface area (Å²) in [6, 6.07) is 23.6. The molecule has 0 saturated heterocycles. The lowest BCUT2D eigenvalue weighted by molar-refractivity contribution is -0.119. The number of carbonyl (C=O) groups excluding carboxylic acids is 2. The summed E-state index contributed by atoms with van der Waals surface area (Å²) in [7, 11) is 0. The van der Waals surface area contributed by atoms with Crippen LogP contribution in [-0.4, -0.2) is 16.9 Å². The van der Waals surface area contributed by atoms with Crippen LogP contribution in [0, 0.1) is 0 Å². The minimum atomic E-state index is -0.263. The summed E-state index contributed by atoms with van der Waals surface area (Å²) in [5.74, 6) is -0.502. The van der Waals surface area contributed by atoms with Gasteiger partial charge in [-0.15, -0.1) is 0 Å². The highest BCUT2D eigenvalue weighted by molar-refractivity contribution is 7.80. The number of hydrogen-bond acceptors (Lipinski definition) is 3. The van der Waals surface area contributed by atoms with Crippen LogP contribution in [0.3, 0.4) is 0 Å². The van der Waals surface area contributed by atoms with Crippen molar-refractivity contribution in [3.8, 4) is 0 Å². The Labute approximate surface area is 185 Å². The number of rotatable bonds is 6. The Balaban J connectivity index is 1.58. The van der Waals surface area contributed by atoms with Gasteiger partial charge in [0.05, 0.1) is 17.7 Å². The Morgan fingerprint density at radius 2 is 1.50 bits per heavy atom. The Bertz CT molecular complexity index is 1040. The number of anilines is 1.